The minimum atomic E-state index is -0.471. The molecule has 5 nitrogen and oxygen atoms in total. The molecule has 1 aliphatic rings. The monoisotopic (exact) mass is 267 g/mol. The average Bonchev–Trinajstić information content (AvgIpc) is 2.87. The van der Waals surface area contributed by atoms with Crippen molar-refractivity contribution in [2.24, 2.45) is 10.9 Å². The number of halogens is 1. The van der Waals surface area contributed by atoms with Crippen LogP contribution in [0, 0.1) is 5.82 Å². The van der Waals surface area contributed by atoms with Crippen molar-refractivity contribution in [1.82, 2.24) is 4.90 Å². The number of rotatable bonds is 4. The maximum atomic E-state index is 14.2. The summed E-state index contributed by atoms with van der Waals surface area (Å²) in [6.45, 7) is 1.35. The summed E-state index contributed by atoms with van der Waals surface area (Å²) in [5, 5.41) is 20.7. The normalized spacial score (nSPS) is 20.9. The lowest BCUT2D eigenvalue weighted by atomic mass is 10.1. The van der Waals surface area contributed by atoms with Gasteiger partial charge >= 0.3 is 0 Å². The molecule has 1 atom stereocenters. The van der Waals surface area contributed by atoms with Crippen LogP contribution in [-0.4, -0.2) is 40.2 Å². The van der Waals surface area contributed by atoms with Crippen molar-refractivity contribution in [2.75, 3.05) is 13.2 Å². The first kappa shape index (κ1) is 13.8. The third-order valence-electron chi connectivity index (χ3n) is 3.55. The summed E-state index contributed by atoms with van der Waals surface area (Å²) in [4.78, 5) is 2.05. The molecule has 0 spiro atoms. The smallest absolute Gasteiger partial charge is 0.173 e. The Hall–Kier alpha value is -1.66. The van der Waals surface area contributed by atoms with Crippen LogP contribution in [0.4, 0.5) is 4.39 Å². The van der Waals surface area contributed by atoms with Gasteiger partial charge in [-0.05, 0) is 25.5 Å². The van der Waals surface area contributed by atoms with Gasteiger partial charge in [0.15, 0.2) is 5.84 Å². The molecular formula is C13H18FN3O2. The van der Waals surface area contributed by atoms with Gasteiger partial charge in [0.2, 0.25) is 0 Å². The van der Waals surface area contributed by atoms with Crippen molar-refractivity contribution in [3.05, 3.63) is 35.1 Å². The largest absolute Gasteiger partial charge is 0.409 e. The van der Waals surface area contributed by atoms with Crippen LogP contribution < -0.4 is 5.73 Å². The molecule has 104 valence electrons. The zero-order valence-corrected chi connectivity index (χ0v) is 10.6. The van der Waals surface area contributed by atoms with Gasteiger partial charge in [-0.15, -0.1) is 0 Å². The lowest BCUT2D eigenvalue weighted by Crippen LogP contribution is -2.32. The first-order chi connectivity index (χ1) is 9.17. The molecular weight excluding hydrogens is 249 g/mol. The lowest BCUT2D eigenvalue weighted by Gasteiger charge is -2.23. The highest BCUT2D eigenvalue weighted by molar-refractivity contribution is 5.97. The summed E-state index contributed by atoms with van der Waals surface area (Å²) < 4.78 is 14.2. The fraction of sp³-hybridized carbons (Fsp3) is 0.462. The van der Waals surface area contributed by atoms with Gasteiger partial charge in [0.05, 0.1) is 12.2 Å². The Kier molecular flexibility index (Phi) is 4.34. The third-order valence-corrected chi connectivity index (χ3v) is 3.55. The molecule has 4 N–H and O–H groups in total. The summed E-state index contributed by atoms with van der Waals surface area (Å²) in [6.07, 6.45) is 1.94. The standard InChI is InChI=1S/C13H18FN3O2/c14-12-9(3-1-5-11(12)13(15)16-19)7-17-6-2-4-10(17)8-18/h1,3,5,10,18-19H,2,4,6-8H2,(H2,15,16). The Morgan fingerprint density at radius 1 is 1.53 bits per heavy atom. The molecule has 0 amide bonds. The zero-order chi connectivity index (χ0) is 13.8. The fourth-order valence-electron chi connectivity index (χ4n) is 2.48. The number of likely N-dealkylation sites (tertiary alicyclic amines) is 1. The molecule has 0 saturated carbocycles. The number of aliphatic hydroxyl groups is 1. The van der Waals surface area contributed by atoms with Gasteiger partial charge in [0.25, 0.3) is 0 Å². The molecule has 1 unspecified atom stereocenters. The topological polar surface area (TPSA) is 82.1 Å². The van der Waals surface area contributed by atoms with Gasteiger partial charge in [-0.3, -0.25) is 4.90 Å². The van der Waals surface area contributed by atoms with E-state index in [4.69, 9.17) is 10.9 Å². The summed E-state index contributed by atoms with van der Waals surface area (Å²) in [5.41, 5.74) is 6.02. The molecule has 19 heavy (non-hydrogen) atoms. The average molecular weight is 267 g/mol. The van der Waals surface area contributed by atoms with Gasteiger partial charge in [0.1, 0.15) is 5.82 Å². The number of amidine groups is 1. The minimum absolute atomic E-state index is 0.0849. The van der Waals surface area contributed by atoms with Crippen LogP contribution in [0.5, 0.6) is 0 Å². The molecule has 1 aromatic carbocycles. The van der Waals surface area contributed by atoms with Gasteiger partial charge in [-0.2, -0.15) is 0 Å². The fourth-order valence-corrected chi connectivity index (χ4v) is 2.48. The SMILES string of the molecule is N/C(=N/O)c1cccc(CN2CCCC2CO)c1F. The number of hydrogen-bond acceptors (Lipinski definition) is 4. The minimum Gasteiger partial charge on any atom is -0.409 e. The predicted molar refractivity (Wildman–Crippen MR) is 69.4 cm³/mol. The second-order valence-electron chi connectivity index (χ2n) is 4.71. The Balaban J connectivity index is 2.21. The maximum absolute atomic E-state index is 14.2. The van der Waals surface area contributed by atoms with E-state index in [-0.39, 0.29) is 24.0 Å². The molecule has 0 radical (unpaired) electrons. The van der Waals surface area contributed by atoms with Crippen molar-refractivity contribution in [1.29, 1.82) is 0 Å². The van der Waals surface area contributed by atoms with E-state index in [1.165, 1.54) is 6.07 Å². The number of hydrogen-bond donors (Lipinski definition) is 3. The van der Waals surface area contributed by atoms with Crippen LogP contribution in [0.3, 0.4) is 0 Å². The van der Waals surface area contributed by atoms with Crippen LogP contribution in [-0.2, 0) is 6.54 Å². The molecule has 2 rings (SSSR count). The molecule has 1 aliphatic heterocycles. The van der Waals surface area contributed by atoms with E-state index in [2.05, 4.69) is 10.1 Å². The van der Waals surface area contributed by atoms with E-state index in [1.807, 2.05) is 0 Å². The Morgan fingerprint density at radius 2 is 2.32 bits per heavy atom. The van der Waals surface area contributed by atoms with E-state index < -0.39 is 5.82 Å². The third kappa shape index (κ3) is 2.85. The highest BCUT2D eigenvalue weighted by atomic mass is 19.1. The summed E-state index contributed by atoms with van der Waals surface area (Å²) in [7, 11) is 0. The van der Waals surface area contributed by atoms with E-state index in [0.29, 0.717) is 12.1 Å². The summed E-state index contributed by atoms with van der Waals surface area (Å²) in [5.74, 6) is -0.708. The molecule has 1 aromatic rings. The molecule has 0 aromatic heterocycles. The van der Waals surface area contributed by atoms with Gasteiger partial charge < -0.3 is 16.0 Å². The predicted octanol–water partition coefficient (Wildman–Crippen LogP) is 0.877. The molecule has 1 saturated heterocycles. The van der Waals surface area contributed by atoms with Crippen LogP contribution >= 0.6 is 0 Å². The molecule has 1 fully saturated rings. The number of oxime groups is 1. The van der Waals surface area contributed by atoms with E-state index >= 15 is 0 Å². The number of benzene rings is 1. The first-order valence-corrected chi connectivity index (χ1v) is 6.27. The van der Waals surface area contributed by atoms with Crippen LogP contribution in [0.15, 0.2) is 23.4 Å². The summed E-state index contributed by atoms with van der Waals surface area (Å²) in [6, 6.07) is 4.92. The lowest BCUT2D eigenvalue weighted by molar-refractivity contribution is 0.152. The Morgan fingerprint density at radius 3 is 3.00 bits per heavy atom. The molecule has 0 bridgehead atoms. The molecule has 6 heteroatoms. The van der Waals surface area contributed by atoms with Crippen molar-refractivity contribution in [3.63, 3.8) is 0 Å². The van der Waals surface area contributed by atoms with E-state index in [9.17, 15) is 9.50 Å². The van der Waals surface area contributed by atoms with Crippen molar-refractivity contribution < 1.29 is 14.7 Å². The Labute approximate surface area is 111 Å². The van der Waals surface area contributed by atoms with Crippen LogP contribution in [0.1, 0.15) is 24.0 Å². The van der Waals surface area contributed by atoms with E-state index in [1.54, 1.807) is 12.1 Å². The van der Waals surface area contributed by atoms with Crippen molar-refractivity contribution >= 4 is 5.84 Å². The van der Waals surface area contributed by atoms with Crippen molar-refractivity contribution in [2.45, 2.75) is 25.4 Å². The van der Waals surface area contributed by atoms with Crippen LogP contribution in [0.2, 0.25) is 0 Å². The Bertz CT molecular complexity index is 479. The highest BCUT2D eigenvalue weighted by Gasteiger charge is 2.25. The number of nitrogens with two attached hydrogens (primary N) is 1. The first-order valence-electron chi connectivity index (χ1n) is 6.27. The van der Waals surface area contributed by atoms with Crippen LogP contribution in [0.25, 0.3) is 0 Å². The quantitative estimate of drug-likeness (QED) is 0.327. The van der Waals surface area contributed by atoms with Gasteiger partial charge in [0, 0.05) is 18.2 Å². The van der Waals surface area contributed by atoms with Gasteiger partial charge in [-0.1, -0.05) is 17.3 Å². The van der Waals surface area contributed by atoms with Gasteiger partial charge in [-0.25, -0.2) is 4.39 Å². The van der Waals surface area contributed by atoms with Crippen molar-refractivity contribution in [3.8, 4) is 0 Å². The summed E-state index contributed by atoms with van der Waals surface area (Å²) >= 11 is 0. The molecule has 1 heterocycles. The van der Waals surface area contributed by atoms with E-state index in [0.717, 1.165) is 19.4 Å². The number of aliphatic hydroxyl groups excluding tert-OH is 1. The second-order valence-corrected chi connectivity index (χ2v) is 4.71. The zero-order valence-electron chi connectivity index (χ0n) is 10.6. The molecule has 0 aliphatic carbocycles. The second kappa shape index (κ2) is 5.99. The highest BCUT2D eigenvalue weighted by Crippen LogP contribution is 2.22. The number of nitrogens with zero attached hydrogens (tertiary/aromatic N) is 2. The maximum Gasteiger partial charge on any atom is 0.173 e.